The molecule has 2 aliphatic rings. The zero-order valence-corrected chi connectivity index (χ0v) is 11.0. The fourth-order valence-electron chi connectivity index (χ4n) is 2.19. The van der Waals surface area contributed by atoms with Gasteiger partial charge in [-0.25, -0.2) is 0 Å². The van der Waals surface area contributed by atoms with E-state index in [0.29, 0.717) is 5.92 Å². The lowest BCUT2D eigenvalue weighted by Gasteiger charge is -2.15. The fraction of sp³-hybridized carbons (Fsp3) is 0.154. The van der Waals surface area contributed by atoms with E-state index >= 15 is 0 Å². The van der Waals surface area contributed by atoms with Crippen LogP contribution in [0.25, 0.3) is 5.57 Å². The predicted octanol–water partition coefficient (Wildman–Crippen LogP) is 4.74. The highest BCUT2D eigenvalue weighted by molar-refractivity contribution is 9.11. The summed E-state index contributed by atoms with van der Waals surface area (Å²) >= 11 is 9.76. The average molecular weight is 295 g/mol. The lowest BCUT2D eigenvalue weighted by atomic mass is 9.91. The highest BCUT2D eigenvalue weighted by atomic mass is 79.9. The third-order valence-electron chi connectivity index (χ3n) is 2.90. The summed E-state index contributed by atoms with van der Waals surface area (Å²) in [6.07, 6.45) is 4.25. The molecule has 1 atom stereocenters. The van der Waals surface area contributed by atoms with E-state index in [4.69, 9.17) is 11.6 Å². The molecule has 3 rings (SSSR count). The van der Waals surface area contributed by atoms with Gasteiger partial charge < -0.3 is 0 Å². The zero-order valence-electron chi connectivity index (χ0n) is 8.67. The van der Waals surface area contributed by atoms with Crippen LogP contribution < -0.4 is 0 Å². The van der Waals surface area contributed by atoms with Gasteiger partial charge in [-0.05, 0) is 18.2 Å². The van der Waals surface area contributed by atoms with Crippen molar-refractivity contribution in [1.82, 2.24) is 0 Å². The van der Waals surface area contributed by atoms with Gasteiger partial charge in [-0.1, -0.05) is 46.6 Å². The van der Waals surface area contributed by atoms with E-state index in [0.717, 1.165) is 32.0 Å². The minimum Gasteiger partial charge on any atom is -0.251 e. The van der Waals surface area contributed by atoms with Crippen LogP contribution in [-0.2, 0) is 0 Å². The molecule has 0 N–H and O–H groups in total. The Kier molecular flexibility index (Phi) is 2.30. The van der Waals surface area contributed by atoms with Crippen LogP contribution in [0.4, 0.5) is 5.69 Å². The van der Waals surface area contributed by atoms with Crippen LogP contribution in [0.5, 0.6) is 0 Å². The number of rotatable bonds is 0. The van der Waals surface area contributed by atoms with Crippen molar-refractivity contribution in [2.75, 3.05) is 0 Å². The van der Waals surface area contributed by atoms with Crippen molar-refractivity contribution in [2.24, 2.45) is 10.9 Å². The topological polar surface area (TPSA) is 12.4 Å². The Labute approximate surface area is 108 Å². The molecule has 0 bridgehead atoms. The third-order valence-corrected chi connectivity index (χ3v) is 3.71. The van der Waals surface area contributed by atoms with Gasteiger partial charge in [-0.2, -0.15) is 0 Å². The molecule has 1 aromatic rings. The zero-order chi connectivity index (χ0) is 11.3. The minimum atomic E-state index is 0.331. The van der Waals surface area contributed by atoms with Crippen LogP contribution in [0.15, 0.2) is 39.8 Å². The standard InChI is InChI=1S/C13H9BrClN/c1-7-5-8(14)6-9-12-10(15)3-2-4-11(12)16-13(7)9/h2-7H,1H3. The molecule has 16 heavy (non-hydrogen) atoms. The average Bonchev–Trinajstić information content (AvgIpc) is 2.58. The van der Waals surface area contributed by atoms with Gasteiger partial charge in [-0.15, -0.1) is 0 Å². The quantitative estimate of drug-likeness (QED) is 0.655. The number of aliphatic imine (C=N–C) groups is 1. The molecule has 0 saturated heterocycles. The smallest absolute Gasteiger partial charge is 0.0727 e. The van der Waals surface area contributed by atoms with E-state index in [-0.39, 0.29) is 0 Å². The normalized spacial score (nSPS) is 21.9. The molecule has 0 amide bonds. The second kappa shape index (κ2) is 3.57. The summed E-state index contributed by atoms with van der Waals surface area (Å²) in [5.41, 5.74) is 4.32. The third kappa shape index (κ3) is 1.40. The van der Waals surface area contributed by atoms with Gasteiger partial charge >= 0.3 is 0 Å². The SMILES string of the molecule is CC1C=C(Br)C=C2C1=Nc1cccc(Cl)c12. The first-order chi connectivity index (χ1) is 7.66. The summed E-state index contributed by atoms with van der Waals surface area (Å²) in [7, 11) is 0. The molecule has 1 unspecified atom stereocenters. The second-order valence-electron chi connectivity index (χ2n) is 4.03. The lowest BCUT2D eigenvalue weighted by Crippen LogP contribution is -2.11. The molecule has 1 heterocycles. The molecule has 0 fully saturated rings. The van der Waals surface area contributed by atoms with E-state index < -0.39 is 0 Å². The van der Waals surface area contributed by atoms with Crippen molar-refractivity contribution in [2.45, 2.75) is 6.92 Å². The first-order valence-electron chi connectivity index (χ1n) is 5.13. The Morgan fingerprint density at radius 2 is 2.19 bits per heavy atom. The molecule has 1 aliphatic carbocycles. The summed E-state index contributed by atoms with van der Waals surface area (Å²) in [4.78, 5) is 4.65. The van der Waals surface area contributed by atoms with E-state index in [1.807, 2.05) is 18.2 Å². The Hall–Kier alpha value is -0.860. The van der Waals surface area contributed by atoms with Gasteiger partial charge in [0.1, 0.15) is 0 Å². The van der Waals surface area contributed by atoms with Crippen molar-refractivity contribution in [3.05, 3.63) is 45.4 Å². The van der Waals surface area contributed by atoms with Crippen molar-refractivity contribution >= 4 is 44.5 Å². The first kappa shape index (κ1) is 10.3. The lowest BCUT2D eigenvalue weighted by molar-refractivity contribution is 1.00. The molecular weight excluding hydrogens is 286 g/mol. The highest BCUT2D eigenvalue weighted by Gasteiger charge is 2.28. The number of halogens is 2. The number of benzene rings is 1. The first-order valence-corrected chi connectivity index (χ1v) is 6.31. The van der Waals surface area contributed by atoms with Crippen LogP contribution in [0, 0.1) is 5.92 Å². The Bertz CT molecular complexity index is 569. The molecule has 1 aliphatic heterocycles. The molecule has 0 aromatic heterocycles. The van der Waals surface area contributed by atoms with Crippen molar-refractivity contribution in [1.29, 1.82) is 0 Å². The molecule has 80 valence electrons. The maximum atomic E-state index is 6.24. The number of hydrogen-bond donors (Lipinski definition) is 0. The molecule has 0 spiro atoms. The van der Waals surface area contributed by atoms with E-state index in [9.17, 15) is 0 Å². The summed E-state index contributed by atoms with van der Waals surface area (Å²) in [6.45, 7) is 2.15. The highest BCUT2D eigenvalue weighted by Crippen LogP contribution is 2.44. The van der Waals surface area contributed by atoms with Crippen LogP contribution in [0.2, 0.25) is 5.02 Å². The van der Waals surface area contributed by atoms with E-state index in [1.165, 1.54) is 0 Å². The number of hydrogen-bond acceptors (Lipinski definition) is 1. The summed E-state index contributed by atoms with van der Waals surface area (Å²) < 4.78 is 1.10. The summed E-state index contributed by atoms with van der Waals surface area (Å²) in [6, 6.07) is 5.86. The second-order valence-corrected chi connectivity index (χ2v) is 5.35. The van der Waals surface area contributed by atoms with Gasteiger partial charge in [-0.3, -0.25) is 4.99 Å². The van der Waals surface area contributed by atoms with Crippen molar-refractivity contribution in [3.8, 4) is 0 Å². The predicted molar refractivity (Wildman–Crippen MR) is 72.7 cm³/mol. The maximum absolute atomic E-state index is 6.24. The van der Waals surface area contributed by atoms with Crippen LogP contribution in [-0.4, -0.2) is 5.71 Å². The maximum Gasteiger partial charge on any atom is 0.0727 e. The Morgan fingerprint density at radius 3 is 3.00 bits per heavy atom. The fourth-order valence-corrected chi connectivity index (χ4v) is 3.08. The van der Waals surface area contributed by atoms with Crippen molar-refractivity contribution < 1.29 is 0 Å². The molecule has 3 heteroatoms. The van der Waals surface area contributed by atoms with Gasteiger partial charge in [0.2, 0.25) is 0 Å². The monoisotopic (exact) mass is 293 g/mol. The minimum absolute atomic E-state index is 0.331. The van der Waals surface area contributed by atoms with Gasteiger partial charge in [0.25, 0.3) is 0 Å². The summed E-state index contributed by atoms with van der Waals surface area (Å²) in [5.74, 6) is 0.331. The number of allylic oxidation sites excluding steroid dienone is 4. The van der Waals surface area contributed by atoms with Crippen molar-refractivity contribution in [3.63, 3.8) is 0 Å². The van der Waals surface area contributed by atoms with Crippen LogP contribution in [0.1, 0.15) is 12.5 Å². The van der Waals surface area contributed by atoms with Gasteiger partial charge in [0, 0.05) is 21.5 Å². The Morgan fingerprint density at radius 1 is 1.38 bits per heavy atom. The molecule has 1 aromatic carbocycles. The van der Waals surface area contributed by atoms with E-state index in [1.54, 1.807) is 0 Å². The molecular formula is C13H9BrClN. The summed E-state index contributed by atoms with van der Waals surface area (Å²) in [5, 5.41) is 0.775. The molecule has 1 nitrogen and oxygen atoms in total. The van der Waals surface area contributed by atoms with Crippen LogP contribution >= 0.6 is 27.5 Å². The largest absolute Gasteiger partial charge is 0.251 e. The number of nitrogens with zero attached hydrogens (tertiary/aromatic N) is 1. The van der Waals surface area contributed by atoms with Crippen LogP contribution in [0.3, 0.4) is 0 Å². The molecule has 0 saturated carbocycles. The van der Waals surface area contributed by atoms with Gasteiger partial charge in [0.05, 0.1) is 16.4 Å². The Balaban J connectivity index is 2.27. The molecule has 0 radical (unpaired) electrons. The van der Waals surface area contributed by atoms with E-state index in [2.05, 4.69) is 40.0 Å². The van der Waals surface area contributed by atoms with Gasteiger partial charge in [0.15, 0.2) is 0 Å². The number of fused-ring (bicyclic) bond motifs is 3.